The number of hydrogen-bond acceptors (Lipinski definition) is 4. The number of halogens is 6. The SMILES string of the molecule is CC(NC(=O)Cc1cc(C(F)(F)F)cc(C(F)(F)F)c1)C(=O)Nc1ccc(-c2cn3c(n2)sc2ccccc23)cc1. The predicted octanol–water partition coefficient (Wildman–Crippen LogP) is 6.94. The van der Waals surface area contributed by atoms with Crippen molar-refractivity contribution in [3.8, 4) is 11.3 Å². The van der Waals surface area contributed by atoms with E-state index in [2.05, 4.69) is 15.6 Å². The van der Waals surface area contributed by atoms with E-state index in [1.54, 1.807) is 35.6 Å². The lowest BCUT2D eigenvalue weighted by Gasteiger charge is -2.16. The Labute approximate surface area is 232 Å². The number of aromatic nitrogens is 2. The van der Waals surface area contributed by atoms with Gasteiger partial charge in [0, 0.05) is 17.4 Å². The van der Waals surface area contributed by atoms with Crippen molar-refractivity contribution in [1.82, 2.24) is 14.7 Å². The lowest BCUT2D eigenvalue weighted by Crippen LogP contribution is -2.42. The summed E-state index contributed by atoms with van der Waals surface area (Å²) >= 11 is 1.56. The second kappa shape index (κ2) is 10.5. The number of benzene rings is 3. The van der Waals surface area contributed by atoms with Crippen LogP contribution in [-0.4, -0.2) is 27.2 Å². The first kappa shape index (κ1) is 28.1. The number of carbonyl (C=O) groups excluding carboxylic acids is 2. The number of fused-ring (bicyclic) bond motifs is 3. The van der Waals surface area contributed by atoms with Crippen molar-refractivity contribution in [2.75, 3.05) is 5.32 Å². The Kier molecular flexibility index (Phi) is 7.24. The molecule has 3 aromatic carbocycles. The van der Waals surface area contributed by atoms with Gasteiger partial charge in [0.1, 0.15) is 6.04 Å². The average Bonchev–Trinajstić information content (AvgIpc) is 3.46. The Morgan fingerprint density at radius 2 is 1.56 bits per heavy atom. The second-order valence-electron chi connectivity index (χ2n) is 9.30. The van der Waals surface area contributed by atoms with Gasteiger partial charge in [0.2, 0.25) is 11.8 Å². The minimum Gasteiger partial charge on any atom is -0.344 e. The van der Waals surface area contributed by atoms with Crippen LogP contribution in [0.4, 0.5) is 32.0 Å². The van der Waals surface area contributed by atoms with Gasteiger partial charge in [-0.25, -0.2) is 4.98 Å². The Morgan fingerprint density at radius 3 is 2.20 bits per heavy atom. The van der Waals surface area contributed by atoms with E-state index >= 15 is 0 Å². The van der Waals surface area contributed by atoms with E-state index < -0.39 is 53.3 Å². The number of amides is 2. The quantitative estimate of drug-likeness (QED) is 0.211. The number of thiazole rings is 1. The molecule has 41 heavy (non-hydrogen) atoms. The predicted molar refractivity (Wildman–Crippen MR) is 142 cm³/mol. The first-order valence-corrected chi connectivity index (χ1v) is 13.0. The smallest absolute Gasteiger partial charge is 0.344 e. The fraction of sp³-hybridized carbons (Fsp3) is 0.179. The number of anilines is 1. The van der Waals surface area contributed by atoms with Crippen molar-refractivity contribution >= 4 is 44.0 Å². The van der Waals surface area contributed by atoms with Gasteiger partial charge in [-0.15, -0.1) is 0 Å². The van der Waals surface area contributed by atoms with Crippen LogP contribution < -0.4 is 10.6 Å². The average molecular weight is 591 g/mol. The highest BCUT2D eigenvalue weighted by molar-refractivity contribution is 7.23. The van der Waals surface area contributed by atoms with Crippen molar-refractivity contribution in [2.45, 2.75) is 31.7 Å². The summed E-state index contributed by atoms with van der Waals surface area (Å²) in [5.74, 6) is -1.54. The highest BCUT2D eigenvalue weighted by Gasteiger charge is 2.37. The van der Waals surface area contributed by atoms with Crippen LogP contribution in [0.15, 0.2) is 72.9 Å². The number of imidazole rings is 1. The van der Waals surface area contributed by atoms with Crippen molar-refractivity contribution in [1.29, 1.82) is 0 Å². The molecule has 0 saturated carbocycles. The number of rotatable bonds is 6. The van der Waals surface area contributed by atoms with Crippen LogP contribution in [-0.2, 0) is 28.4 Å². The normalized spacial score (nSPS) is 13.0. The zero-order valence-corrected chi connectivity index (χ0v) is 21.9. The summed E-state index contributed by atoms with van der Waals surface area (Å²) < 4.78 is 81.6. The van der Waals surface area contributed by atoms with Crippen molar-refractivity contribution in [2.24, 2.45) is 0 Å². The third kappa shape index (κ3) is 6.19. The summed E-state index contributed by atoms with van der Waals surface area (Å²) in [4.78, 5) is 30.5. The Balaban J connectivity index is 1.22. The molecule has 212 valence electrons. The fourth-order valence-corrected chi connectivity index (χ4v) is 5.24. The molecule has 5 aromatic rings. The number of carbonyl (C=O) groups is 2. The van der Waals surface area contributed by atoms with E-state index in [4.69, 9.17) is 0 Å². The number of nitrogens with one attached hydrogen (secondary N) is 2. The summed E-state index contributed by atoms with van der Waals surface area (Å²) in [6, 6.07) is 14.6. The Bertz CT molecular complexity index is 1720. The number of para-hydroxylation sites is 1. The first-order valence-electron chi connectivity index (χ1n) is 12.1. The molecule has 0 bridgehead atoms. The molecule has 5 rings (SSSR count). The van der Waals surface area contributed by atoms with Gasteiger partial charge >= 0.3 is 12.4 Å². The monoisotopic (exact) mass is 590 g/mol. The lowest BCUT2D eigenvalue weighted by atomic mass is 10.0. The molecule has 13 heteroatoms. The Morgan fingerprint density at radius 1 is 0.927 bits per heavy atom. The van der Waals surface area contributed by atoms with E-state index in [0.717, 1.165) is 26.4 Å². The number of hydrogen-bond donors (Lipinski definition) is 2. The van der Waals surface area contributed by atoms with Crippen LogP contribution in [0.3, 0.4) is 0 Å². The minimum absolute atomic E-state index is 0.0136. The molecule has 6 nitrogen and oxygen atoms in total. The summed E-state index contributed by atoms with van der Waals surface area (Å²) in [6.45, 7) is 1.34. The fourth-order valence-electron chi connectivity index (χ4n) is 4.23. The van der Waals surface area contributed by atoms with E-state index in [0.29, 0.717) is 17.8 Å². The van der Waals surface area contributed by atoms with Gasteiger partial charge in [-0.1, -0.05) is 35.6 Å². The highest BCUT2D eigenvalue weighted by atomic mass is 32.1. The molecule has 0 spiro atoms. The second-order valence-corrected chi connectivity index (χ2v) is 10.3. The molecule has 0 saturated heterocycles. The van der Waals surface area contributed by atoms with E-state index in [1.165, 1.54) is 6.92 Å². The summed E-state index contributed by atoms with van der Waals surface area (Å²) in [7, 11) is 0. The molecule has 1 unspecified atom stereocenters. The molecular weight excluding hydrogens is 570 g/mol. The maximum Gasteiger partial charge on any atom is 0.416 e. The summed E-state index contributed by atoms with van der Waals surface area (Å²) in [6.07, 6.45) is -8.92. The van der Waals surface area contributed by atoms with Crippen LogP contribution in [0.5, 0.6) is 0 Å². The first-order chi connectivity index (χ1) is 19.3. The largest absolute Gasteiger partial charge is 0.416 e. The molecule has 2 aromatic heterocycles. The molecule has 2 amide bonds. The number of nitrogens with zero attached hydrogens (tertiary/aromatic N) is 2. The van der Waals surface area contributed by atoms with Gasteiger partial charge in [-0.3, -0.25) is 14.0 Å². The molecule has 2 N–H and O–H groups in total. The van der Waals surface area contributed by atoms with Crippen LogP contribution in [0, 0.1) is 0 Å². The third-order valence-corrected chi connectivity index (χ3v) is 7.27. The van der Waals surface area contributed by atoms with Crippen molar-refractivity contribution < 1.29 is 35.9 Å². The van der Waals surface area contributed by atoms with Crippen molar-refractivity contribution in [3.05, 3.63) is 89.6 Å². The van der Waals surface area contributed by atoms with Gasteiger partial charge in [-0.2, -0.15) is 26.3 Å². The van der Waals surface area contributed by atoms with Gasteiger partial charge in [-0.05, 0) is 55.0 Å². The standard InChI is InChI=1S/C28H20F6N4O2S/c1-15(35-24(39)12-16-10-18(27(29,30)31)13-19(11-16)28(32,33)34)25(40)36-20-8-6-17(7-9-20)21-14-38-22-4-2-3-5-23(22)41-26(38)37-21/h2-11,13-15H,12H2,1H3,(H,35,39)(H,36,40). The van der Waals surface area contributed by atoms with Gasteiger partial charge < -0.3 is 10.6 Å². The van der Waals surface area contributed by atoms with Gasteiger partial charge in [0.15, 0.2) is 4.96 Å². The minimum atomic E-state index is -5.03. The molecule has 0 aliphatic heterocycles. The summed E-state index contributed by atoms with van der Waals surface area (Å²) in [5, 5.41) is 4.92. The zero-order chi connectivity index (χ0) is 29.5. The molecule has 0 aliphatic rings. The van der Waals surface area contributed by atoms with E-state index in [-0.39, 0.29) is 6.07 Å². The van der Waals surface area contributed by atoms with E-state index in [1.807, 2.05) is 34.9 Å². The maximum atomic E-state index is 13.1. The summed E-state index contributed by atoms with van der Waals surface area (Å²) in [5.41, 5.74) is -0.521. The third-order valence-electron chi connectivity index (χ3n) is 6.23. The molecule has 0 radical (unpaired) electrons. The number of alkyl halides is 6. The van der Waals surface area contributed by atoms with Crippen LogP contribution in [0.25, 0.3) is 26.4 Å². The molecule has 1 atom stereocenters. The molecule has 0 fully saturated rings. The molecular formula is C28H20F6N4O2S. The van der Waals surface area contributed by atoms with Crippen LogP contribution >= 0.6 is 11.3 Å². The van der Waals surface area contributed by atoms with E-state index in [9.17, 15) is 35.9 Å². The van der Waals surface area contributed by atoms with Crippen LogP contribution in [0.2, 0.25) is 0 Å². The maximum absolute atomic E-state index is 13.1. The molecule has 0 aliphatic carbocycles. The Hall–Kier alpha value is -4.39. The van der Waals surface area contributed by atoms with Crippen molar-refractivity contribution in [3.63, 3.8) is 0 Å². The zero-order valence-electron chi connectivity index (χ0n) is 21.1. The van der Waals surface area contributed by atoms with Gasteiger partial charge in [0.05, 0.1) is 33.5 Å². The lowest BCUT2D eigenvalue weighted by molar-refractivity contribution is -0.143. The van der Waals surface area contributed by atoms with Gasteiger partial charge in [0.25, 0.3) is 0 Å². The topological polar surface area (TPSA) is 75.5 Å². The van der Waals surface area contributed by atoms with Crippen LogP contribution in [0.1, 0.15) is 23.6 Å². The highest BCUT2D eigenvalue weighted by Crippen LogP contribution is 2.36. The molecule has 2 heterocycles.